The molecule has 21 heavy (non-hydrogen) atoms. The molecule has 110 valence electrons. The van der Waals surface area contributed by atoms with Gasteiger partial charge in [0.2, 0.25) is 5.88 Å². The smallest absolute Gasteiger partial charge is 0.407 e. The number of rotatable bonds is 2. The molecule has 1 saturated heterocycles. The Morgan fingerprint density at radius 3 is 2.62 bits per heavy atom. The van der Waals surface area contributed by atoms with Crippen molar-refractivity contribution < 1.29 is 14.6 Å². The van der Waals surface area contributed by atoms with Crippen LogP contribution in [0, 0.1) is 0 Å². The molecular weight excluding hydrogens is 270 g/mol. The van der Waals surface area contributed by atoms with E-state index in [1.807, 2.05) is 24.3 Å². The van der Waals surface area contributed by atoms with Gasteiger partial charge in [-0.1, -0.05) is 18.2 Å². The molecule has 3 rings (SSSR count). The summed E-state index contributed by atoms with van der Waals surface area (Å²) >= 11 is 0. The van der Waals surface area contributed by atoms with Crippen LogP contribution in [0.25, 0.3) is 10.8 Å². The molecule has 6 nitrogen and oxygen atoms in total. The van der Waals surface area contributed by atoms with Gasteiger partial charge >= 0.3 is 6.09 Å². The van der Waals surface area contributed by atoms with Gasteiger partial charge in [-0.05, 0) is 6.07 Å². The summed E-state index contributed by atoms with van der Waals surface area (Å²) in [5, 5.41) is 10.8. The zero-order valence-electron chi connectivity index (χ0n) is 11.5. The van der Waals surface area contributed by atoms with Crippen molar-refractivity contribution in [2.75, 3.05) is 18.8 Å². The third kappa shape index (κ3) is 2.69. The number of ether oxygens (including phenoxy) is 1. The molecule has 1 aliphatic heterocycles. The van der Waals surface area contributed by atoms with E-state index in [2.05, 4.69) is 4.98 Å². The molecule has 1 aromatic carbocycles. The number of nitrogen functional groups attached to an aromatic ring is 1. The number of nitrogens with two attached hydrogens (primary N) is 1. The monoisotopic (exact) mass is 287 g/mol. The van der Waals surface area contributed by atoms with Gasteiger partial charge in [-0.25, -0.2) is 9.78 Å². The molecule has 1 amide bonds. The van der Waals surface area contributed by atoms with Crippen LogP contribution in [0.4, 0.5) is 10.5 Å². The maximum atomic E-state index is 10.9. The second kappa shape index (κ2) is 5.47. The highest BCUT2D eigenvalue weighted by molar-refractivity contribution is 5.95. The van der Waals surface area contributed by atoms with Gasteiger partial charge in [-0.3, -0.25) is 0 Å². The van der Waals surface area contributed by atoms with Crippen LogP contribution in [0.3, 0.4) is 0 Å². The summed E-state index contributed by atoms with van der Waals surface area (Å²) in [5.74, 6) is 0.563. The second-order valence-electron chi connectivity index (χ2n) is 5.15. The van der Waals surface area contributed by atoms with E-state index in [1.54, 1.807) is 6.20 Å². The molecule has 0 bridgehead atoms. The molecule has 3 N–H and O–H groups in total. The Kier molecular flexibility index (Phi) is 3.51. The highest BCUT2D eigenvalue weighted by Gasteiger charge is 2.24. The summed E-state index contributed by atoms with van der Waals surface area (Å²) in [6.07, 6.45) is 2.06. The van der Waals surface area contributed by atoms with Crippen molar-refractivity contribution in [1.82, 2.24) is 9.88 Å². The first-order chi connectivity index (χ1) is 10.1. The quantitative estimate of drug-likeness (QED) is 0.885. The number of carboxylic acid groups (broad SMARTS) is 1. The molecule has 0 aliphatic carbocycles. The first-order valence-electron chi connectivity index (χ1n) is 6.93. The van der Waals surface area contributed by atoms with Crippen LogP contribution in [0.1, 0.15) is 12.8 Å². The van der Waals surface area contributed by atoms with Crippen molar-refractivity contribution in [3.63, 3.8) is 0 Å². The largest absolute Gasteiger partial charge is 0.474 e. The van der Waals surface area contributed by atoms with Crippen LogP contribution in [0.15, 0.2) is 30.5 Å². The summed E-state index contributed by atoms with van der Waals surface area (Å²) in [6, 6.07) is 7.71. The van der Waals surface area contributed by atoms with Crippen LogP contribution in [0.5, 0.6) is 5.88 Å². The lowest BCUT2D eigenvalue weighted by atomic mass is 10.1. The first-order valence-corrected chi connectivity index (χ1v) is 6.93. The summed E-state index contributed by atoms with van der Waals surface area (Å²) in [6.45, 7) is 0.986. The van der Waals surface area contributed by atoms with Crippen molar-refractivity contribution in [2.24, 2.45) is 0 Å². The van der Waals surface area contributed by atoms with Gasteiger partial charge in [0.25, 0.3) is 0 Å². The number of pyridine rings is 1. The molecule has 0 saturated carbocycles. The van der Waals surface area contributed by atoms with Gasteiger partial charge in [0.1, 0.15) is 6.10 Å². The molecule has 0 unspecified atom stereocenters. The average molecular weight is 287 g/mol. The van der Waals surface area contributed by atoms with Gasteiger partial charge in [-0.15, -0.1) is 0 Å². The lowest BCUT2D eigenvalue weighted by Gasteiger charge is -2.30. The molecule has 2 heterocycles. The van der Waals surface area contributed by atoms with E-state index in [0.717, 1.165) is 10.8 Å². The van der Waals surface area contributed by atoms with Crippen LogP contribution in [-0.4, -0.2) is 40.3 Å². The van der Waals surface area contributed by atoms with E-state index in [-0.39, 0.29) is 6.10 Å². The van der Waals surface area contributed by atoms with Gasteiger partial charge in [0.15, 0.2) is 0 Å². The zero-order chi connectivity index (χ0) is 14.8. The maximum absolute atomic E-state index is 10.9. The average Bonchev–Trinajstić information content (AvgIpc) is 2.51. The SMILES string of the molecule is Nc1cnc(OC2CCN(C(=O)O)CC2)c2ccccc12. The maximum Gasteiger partial charge on any atom is 0.407 e. The molecule has 2 aromatic rings. The van der Waals surface area contributed by atoms with Crippen molar-refractivity contribution in [2.45, 2.75) is 18.9 Å². The molecule has 0 radical (unpaired) electrons. The fraction of sp³-hybridized carbons (Fsp3) is 0.333. The minimum absolute atomic E-state index is 0.0138. The van der Waals surface area contributed by atoms with Gasteiger partial charge in [0.05, 0.1) is 11.9 Å². The Bertz CT molecular complexity index is 666. The number of benzene rings is 1. The molecule has 0 spiro atoms. The number of hydrogen-bond donors (Lipinski definition) is 2. The third-order valence-electron chi connectivity index (χ3n) is 3.78. The molecule has 1 fully saturated rings. The number of amides is 1. The Morgan fingerprint density at radius 1 is 1.29 bits per heavy atom. The normalized spacial score (nSPS) is 16.1. The van der Waals surface area contributed by atoms with Crippen LogP contribution in [0.2, 0.25) is 0 Å². The number of anilines is 1. The third-order valence-corrected chi connectivity index (χ3v) is 3.78. The molecule has 1 aromatic heterocycles. The molecule has 6 heteroatoms. The van der Waals surface area contributed by atoms with Crippen LogP contribution in [-0.2, 0) is 0 Å². The predicted molar refractivity (Wildman–Crippen MR) is 79.4 cm³/mol. The molecule has 1 aliphatic rings. The Balaban J connectivity index is 1.77. The summed E-state index contributed by atoms with van der Waals surface area (Å²) in [7, 11) is 0. The lowest BCUT2D eigenvalue weighted by Crippen LogP contribution is -2.41. The number of carbonyl (C=O) groups is 1. The number of hydrogen-bond acceptors (Lipinski definition) is 4. The minimum Gasteiger partial charge on any atom is -0.474 e. The Labute approximate surface area is 122 Å². The first kappa shape index (κ1) is 13.5. The van der Waals surface area contributed by atoms with E-state index < -0.39 is 6.09 Å². The lowest BCUT2D eigenvalue weighted by molar-refractivity contribution is 0.0880. The van der Waals surface area contributed by atoms with E-state index in [1.165, 1.54) is 4.90 Å². The van der Waals surface area contributed by atoms with Crippen molar-refractivity contribution in [3.05, 3.63) is 30.5 Å². The standard InChI is InChI=1S/C15H17N3O3/c16-13-9-17-14(12-4-2-1-3-11(12)13)21-10-5-7-18(8-6-10)15(19)20/h1-4,9-10H,5-8,16H2,(H,19,20). The topological polar surface area (TPSA) is 88.7 Å². The second-order valence-corrected chi connectivity index (χ2v) is 5.15. The van der Waals surface area contributed by atoms with E-state index in [9.17, 15) is 4.79 Å². The number of likely N-dealkylation sites (tertiary alicyclic amines) is 1. The zero-order valence-corrected chi connectivity index (χ0v) is 11.5. The summed E-state index contributed by atoms with van der Waals surface area (Å²) in [5.41, 5.74) is 6.54. The van der Waals surface area contributed by atoms with E-state index in [0.29, 0.717) is 37.5 Å². The highest BCUT2D eigenvalue weighted by atomic mass is 16.5. The highest BCUT2D eigenvalue weighted by Crippen LogP contribution is 2.29. The summed E-state index contributed by atoms with van der Waals surface area (Å²) < 4.78 is 5.97. The minimum atomic E-state index is -0.871. The van der Waals surface area contributed by atoms with Gasteiger partial charge in [0, 0.05) is 36.7 Å². The van der Waals surface area contributed by atoms with Crippen molar-refractivity contribution in [3.8, 4) is 5.88 Å². The Hall–Kier alpha value is -2.50. The van der Waals surface area contributed by atoms with E-state index in [4.69, 9.17) is 15.6 Å². The van der Waals surface area contributed by atoms with E-state index >= 15 is 0 Å². The van der Waals surface area contributed by atoms with Crippen LogP contribution < -0.4 is 10.5 Å². The fourth-order valence-corrected chi connectivity index (χ4v) is 2.61. The van der Waals surface area contributed by atoms with Gasteiger partial charge in [-0.2, -0.15) is 0 Å². The molecule has 0 atom stereocenters. The summed E-state index contributed by atoms with van der Waals surface area (Å²) in [4.78, 5) is 16.6. The number of piperidine rings is 1. The predicted octanol–water partition coefficient (Wildman–Crippen LogP) is 2.34. The fourth-order valence-electron chi connectivity index (χ4n) is 2.61. The van der Waals surface area contributed by atoms with Crippen molar-refractivity contribution >= 4 is 22.6 Å². The van der Waals surface area contributed by atoms with Crippen LogP contribution >= 0.6 is 0 Å². The number of aromatic nitrogens is 1. The number of nitrogens with zero attached hydrogens (tertiary/aromatic N) is 2. The molecular formula is C15H17N3O3. The number of fused-ring (bicyclic) bond motifs is 1. The Morgan fingerprint density at radius 2 is 1.95 bits per heavy atom. The van der Waals surface area contributed by atoms with Crippen molar-refractivity contribution in [1.29, 1.82) is 0 Å². The van der Waals surface area contributed by atoms with Gasteiger partial charge < -0.3 is 20.5 Å².